The van der Waals surface area contributed by atoms with Gasteiger partial charge in [-0.3, -0.25) is 0 Å². The summed E-state index contributed by atoms with van der Waals surface area (Å²) in [6.45, 7) is 0. The first-order chi connectivity index (χ1) is 5.83. The monoisotopic (exact) mass is 201 g/mol. The maximum atomic E-state index is 10.9. The third-order valence-electron chi connectivity index (χ3n) is 1.28. The summed E-state index contributed by atoms with van der Waals surface area (Å²) in [5.41, 5.74) is 0.524. The van der Waals surface area contributed by atoms with Crippen molar-refractivity contribution in [1.29, 1.82) is 0 Å². The van der Waals surface area contributed by atoms with Gasteiger partial charge in [0.1, 0.15) is 0 Å². The fourth-order valence-corrected chi connectivity index (χ4v) is 2.49. The molecular weight excluding hydrogens is 191 g/mol. The van der Waals surface area contributed by atoms with Crippen molar-refractivity contribution in [3.05, 3.63) is 30.3 Å². The number of thioether (sulfide) groups is 1. The molecule has 12 heavy (non-hydrogen) atoms. The second-order valence-electron chi connectivity index (χ2n) is 2.10. The zero-order chi connectivity index (χ0) is 8.81. The van der Waals surface area contributed by atoms with Gasteiger partial charge in [-0.15, -0.1) is 4.52 Å². The van der Waals surface area contributed by atoms with Crippen LogP contribution < -0.4 is 0 Å². The number of hydrogen-bond donors (Lipinski definition) is 0. The van der Waals surface area contributed by atoms with Crippen molar-refractivity contribution in [1.82, 2.24) is 0 Å². The molecule has 1 aromatic rings. The molecule has 0 radical (unpaired) electrons. The van der Waals surface area contributed by atoms with Crippen LogP contribution in [0.4, 0.5) is 0 Å². The third kappa shape index (κ3) is 3.35. The topological polar surface area (TPSA) is 26.3 Å². The van der Waals surface area contributed by atoms with E-state index in [0.717, 1.165) is 4.90 Å². The van der Waals surface area contributed by atoms with Gasteiger partial charge >= 0.3 is 8.03 Å². The van der Waals surface area contributed by atoms with E-state index in [-0.39, 0.29) is 0 Å². The number of rotatable bonds is 4. The second-order valence-corrected chi connectivity index (χ2v) is 4.93. The first kappa shape index (κ1) is 9.72. The Kier molecular flexibility index (Phi) is 4.30. The Labute approximate surface area is 77.2 Å². The SMILES string of the molecule is CO[P+](=O)CSc1ccccc1. The van der Waals surface area contributed by atoms with Crippen LogP contribution in [-0.4, -0.2) is 12.6 Å². The van der Waals surface area contributed by atoms with E-state index in [9.17, 15) is 4.57 Å². The van der Waals surface area contributed by atoms with Crippen molar-refractivity contribution in [2.45, 2.75) is 4.90 Å². The highest BCUT2D eigenvalue weighted by Gasteiger charge is 2.13. The van der Waals surface area contributed by atoms with Crippen molar-refractivity contribution in [2.24, 2.45) is 0 Å². The highest BCUT2D eigenvalue weighted by atomic mass is 32.2. The van der Waals surface area contributed by atoms with Gasteiger partial charge in [0, 0.05) is 4.90 Å². The van der Waals surface area contributed by atoms with Crippen LogP contribution in [0.3, 0.4) is 0 Å². The fourth-order valence-electron chi connectivity index (χ4n) is 0.697. The first-order valence-electron chi connectivity index (χ1n) is 3.49. The summed E-state index contributed by atoms with van der Waals surface area (Å²) in [5.74, 6) is 0. The normalized spacial score (nSPS) is 11.2. The van der Waals surface area contributed by atoms with Gasteiger partial charge in [-0.25, -0.2) is 0 Å². The molecule has 0 N–H and O–H groups in total. The lowest BCUT2D eigenvalue weighted by Gasteiger charge is -1.91. The minimum Gasteiger partial charge on any atom is -0.149 e. The summed E-state index contributed by atoms with van der Waals surface area (Å²) < 4.78 is 15.6. The molecule has 1 rings (SSSR count). The largest absolute Gasteiger partial charge is 0.519 e. The van der Waals surface area contributed by atoms with E-state index in [1.54, 1.807) is 11.8 Å². The van der Waals surface area contributed by atoms with Crippen LogP contribution in [0.15, 0.2) is 35.2 Å². The lowest BCUT2D eigenvalue weighted by atomic mass is 10.4. The number of hydrogen-bond acceptors (Lipinski definition) is 3. The second kappa shape index (κ2) is 5.31. The molecule has 0 aliphatic carbocycles. The van der Waals surface area contributed by atoms with Crippen molar-refractivity contribution in [3.63, 3.8) is 0 Å². The minimum atomic E-state index is -1.49. The Bertz CT molecular complexity index is 250. The molecule has 4 heteroatoms. The molecule has 0 aliphatic rings. The Balaban J connectivity index is 2.38. The smallest absolute Gasteiger partial charge is 0.149 e. The van der Waals surface area contributed by atoms with Gasteiger partial charge < -0.3 is 0 Å². The molecule has 0 saturated carbocycles. The standard InChI is InChI=1S/C8H10O2PS/c1-10-11(9)7-12-8-5-3-2-4-6-8/h2-6H,7H2,1H3/q+1. The van der Waals surface area contributed by atoms with Gasteiger partial charge in [0.05, 0.1) is 7.11 Å². The summed E-state index contributed by atoms with van der Waals surface area (Å²) in [4.78, 5) is 1.12. The fraction of sp³-hybridized carbons (Fsp3) is 0.250. The van der Waals surface area contributed by atoms with Crippen LogP contribution >= 0.6 is 19.8 Å². The molecule has 0 heterocycles. The van der Waals surface area contributed by atoms with Crippen LogP contribution in [0, 0.1) is 0 Å². The molecule has 0 saturated heterocycles. The van der Waals surface area contributed by atoms with Crippen LogP contribution in [0.1, 0.15) is 0 Å². The van der Waals surface area contributed by atoms with Gasteiger partial charge in [0.15, 0.2) is 0 Å². The first-order valence-corrected chi connectivity index (χ1v) is 5.84. The summed E-state index contributed by atoms with van der Waals surface area (Å²) in [6.07, 6.45) is 0. The molecule has 2 nitrogen and oxygen atoms in total. The minimum absolute atomic E-state index is 0.524. The summed E-state index contributed by atoms with van der Waals surface area (Å²) >= 11 is 1.54. The molecule has 1 unspecified atom stereocenters. The molecule has 1 atom stereocenters. The van der Waals surface area contributed by atoms with Crippen molar-refractivity contribution >= 4 is 19.8 Å². The van der Waals surface area contributed by atoms with Gasteiger partial charge in [0.25, 0.3) is 0 Å². The van der Waals surface area contributed by atoms with Gasteiger partial charge in [-0.1, -0.05) is 30.0 Å². The maximum Gasteiger partial charge on any atom is 0.519 e. The summed E-state index contributed by atoms with van der Waals surface area (Å²) in [7, 11) is -0.0265. The van der Waals surface area contributed by atoms with Crippen molar-refractivity contribution < 1.29 is 9.09 Å². The number of benzene rings is 1. The average molecular weight is 201 g/mol. The lowest BCUT2D eigenvalue weighted by molar-refractivity contribution is 0.418. The van der Waals surface area contributed by atoms with Crippen LogP contribution in [-0.2, 0) is 9.09 Å². The van der Waals surface area contributed by atoms with Crippen molar-refractivity contribution in [2.75, 3.05) is 12.6 Å². The van der Waals surface area contributed by atoms with E-state index in [1.165, 1.54) is 7.11 Å². The zero-order valence-electron chi connectivity index (χ0n) is 6.77. The molecule has 0 spiro atoms. The predicted octanol–water partition coefficient (Wildman–Crippen LogP) is 3.13. The van der Waals surface area contributed by atoms with Crippen LogP contribution in [0.5, 0.6) is 0 Å². The molecule has 0 aromatic heterocycles. The van der Waals surface area contributed by atoms with Gasteiger partial charge in [-0.2, -0.15) is 0 Å². The van der Waals surface area contributed by atoms with E-state index >= 15 is 0 Å². The average Bonchev–Trinajstić information content (AvgIpc) is 2.16. The van der Waals surface area contributed by atoms with E-state index in [0.29, 0.717) is 5.49 Å². The van der Waals surface area contributed by atoms with Crippen LogP contribution in [0.25, 0.3) is 0 Å². The Morgan fingerprint density at radius 2 is 2.08 bits per heavy atom. The molecule has 0 bridgehead atoms. The summed E-state index contributed by atoms with van der Waals surface area (Å²) in [5, 5.41) is 0. The maximum absolute atomic E-state index is 10.9. The highest BCUT2D eigenvalue weighted by Crippen LogP contribution is 2.30. The predicted molar refractivity (Wildman–Crippen MR) is 51.8 cm³/mol. The summed E-state index contributed by atoms with van der Waals surface area (Å²) in [6, 6.07) is 9.86. The Hall–Kier alpha value is -0.370. The van der Waals surface area contributed by atoms with Crippen molar-refractivity contribution in [3.8, 4) is 0 Å². The van der Waals surface area contributed by atoms with Gasteiger partial charge in [-0.05, 0) is 16.7 Å². The lowest BCUT2D eigenvalue weighted by Crippen LogP contribution is -1.74. The molecule has 64 valence electrons. The molecule has 0 fully saturated rings. The Morgan fingerprint density at radius 3 is 2.67 bits per heavy atom. The Morgan fingerprint density at radius 1 is 1.42 bits per heavy atom. The molecule has 0 amide bonds. The molecular formula is C8H10O2PS+. The van der Waals surface area contributed by atoms with Gasteiger partial charge in [0.2, 0.25) is 5.49 Å². The van der Waals surface area contributed by atoms with E-state index in [1.807, 2.05) is 30.3 Å². The third-order valence-corrected chi connectivity index (χ3v) is 3.66. The van der Waals surface area contributed by atoms with E-state index < -0.39 is 8.03 Å². The molecule has 0 aliphatic heterocycles. The highest BCUT2D eigenvalue weighted by molar-refractivity contribution is 8.03. The van der Waals surface area contributed by atoms with E-state index in [2.05, 4.69) is 4.52 Å². The quantitative estimate of drug-likeness (QED) is 0.553. The zero-order valence-corrected chi connectivity index (χ0v) is 8.48. The van der Waals surface area contributed by atoms with Crippen LogP contribution in [0.2, 0.25) is 0 Å². The van der Waals surface area contributed by atoms with E-state index in [4.69, 9.17) is 0 Å². The molecule has 1 aromatic carbocycles.